The lowest BCUT2D eigenvalue weighted by Crippen LogP contribution is -2.13. The fourth-order valence-corrected chi connectivity index (χ4v) is 1.93. The highest BCUT2D eigenvalue weighted by Gasteiger charge is 2.10. The molecule has 0 saturated carbocycles. The molecule has 1 rings (SSSR count). The van der Waals surface area contributed by atoms with Crippen molar-refractivity contribution in [2.24, 2.45) is 5.41 Å². The van der Waals surface area contributed by atoms with Gasteiger partial charge in [0.2, 0.25) is 0 Å². The molecular weight excluding hydrogens is 282 g/mol. The first-order chi connectivity index (χ1) is 7.79. The number of carboxylic acids is 1. The summed E-state index contributed by atoms with van der Waals surface area (Å²) in [6.45, 7) is 7.46. The van der Waals surface area contributed by atoms with Gasteiger partial charge in [-0.25, -0.2) is 4.79 Å². The van der Waals surface area contributed by atoms with Gasteiger partial charge in [-0.1, -0.05) is 20.8 Å². The first-order valence-corrected chi connectivity index (χ1v) is 6.35. The number of nitrogens with one attached hydrogen (secondary N) is 1. The van der Waals surface area contributed by atoms with Crippen LogP contribution in [0.5, 0.6) is 0 Å². The minimum absolute atomic E-state index is 0.284. The van der Waals surface area contributed by atoms with E-state index in [1.54, 1.807) is 18.2 Å². The molecule has 0 aliphatic heterocycles. The van der Waals surface area contributed by atoms with Crippen LogP contribution in [0.15, 0.2) is 22.7 Å². The van der Waals surface area contributed by atoms with Crippen molar-refractivity contribution in [3.8, 4) is 0 Å². The Kier molecular flexibility index (Phi) is 4.57. The summed E-state index contributed by atoms with van der Waals surface area (Å²) in [5, 5.41) is 12.2. The summed E-state index contributed by atoms with van der Waals surface area (Å²) in [6.07, 6.45) is 1.06. The molecule has 3 nitrogen and oxygen atoms in total. The van der Waals surface area contributed by atoms with Crippen LogP contribution in [0.4, 0.5) is 5.69 Å². The number of carbonyl (C=O) groups is 1. The highest BCUT2D eigenvalue weighted by molar-refractivity contribution is 9.10. The van der Waals surface area contributed by atoms with Crippen LogP contribution in [0.25, 0.3) is 0 Å². The van der Waals surface area contributed by atoms with E-state index in [4.69, 9.17) is 5.11 Å². The molecule has 0 aromatic heterocycles. The molecule has 1 aromatic rings. The molecule has 0 amide bonds. The molecule has 94 valence electrons. The third-order valence-corrected chi connectivity index (χ3v) is 3.06. The van der Waals surface area contributed by atoms with E-state index in [0.29, 0.717) is 9.89 Å². The number of carboxylic acid groups (broad SMARTS) is 1. The zero-order valence-corrected chi connectivity index (χ0v) is 12.0. The second-order valence-electron chi connectivity index (χ2n) is 5.24. The topological polar surface area (TPSA) is 49.3 Å². The molecule has 0 spiro atoms. The largest absolute Gasteiger partial charge is 0.478 e. The van der Waals surface area contributed by atoms with Crippen molar-refractivity contribution in [1.29, 1.82) is 0 Å². The molecule has 1 aromatic carbocycles. The standard InChI is InChI=1S/C13H18BrNO2/c1-13(2,3)6-7-15-9-4-5-10(12(16)17)11(14)8-9/h4-5,8,15H,6-7H2,1-3H3,(H,16,17). The average molecular weight is 300 g/mol. The Labute approximate surface area is 110 Å². The zero-order chi connectivity index (χ0) is 13.1. The molecule has 0 fully saturated rings. The highest BCUT2D eigenvalue weighted by atomic mass is 79.9. The average Bonchev–Trinajstić information content (AvgIpc) is 2.15. The van der Waals surface area contributed by atoms with E-state index in [1.807, 2.05) is 0 Å². The maximum Gasteiger partial charge on any atom is 0.336 e. The molecule has 0 bridgehead atoms. The molecule has 0 unspecified atom stereocenters. The van der Waals surface area contributed by atoms with E-state index >= 15 is 0 Å². The molecule has 0 radical (unpaired) electrons. The molecule has 0 aliphatic carbocycles. The summed E-state index contributed by atoms with van der Waals surface area (Å²) in [5.41, 5.74) is 1.52. The second kappa shape index (κ2) is 5.54. The Morgan fingerprint density at radius 2 is 2.06 bits per heavy atom. The van der Waals surface area contributed by atoms with Crippen LogP contribution in [-0.2, 0) is 0 Å². The Hall–Kier alpha value is -1.03. The summed E-state index contributed by atoms with van der Waals surface area (Å²) in [6, 6.07) is 5.19. The number of hydrogen-bond acceptors (Lipinski definition) is 2. The quantitative estimate of drug-likeness (QED) is 0.883. The van der Waals surface area contributed by atoms with Gasteiger partial charge in [-0.15, -0.1) is 0 Å². The highest BCUT2D eigenvalue weighted by Crippen LogP contribution is 2.23. The van der Waals surface area contributed by atoms with Gasteiger partial charge in [0.1, 0.15) is 0 Å². The fourth-order valence-electron chi connectivity index (χ4n) is 1.38. The number of rotatable bonds is 4. The van der Waals surface area contributed by atoms with Gasteiger partial charge in [-0.3, -0.25) is 0 Å². The minimum atomic E-state index is -0.918. The maximum atomic E-state index is 10.8. The first kappa shape index (κ1) is 14.0. The lowest BCUT2D eigenvalue weighted by Gasteiger charge is -2.18. The van der Waals surface area contributed by atoms with Crippen LogP contribution in [0.1, 0.15) is 37.6 Å². The fraction of sp³-hybridized carbons (Fsp3) is 0.462. The summed E-state index contributed by atoms with van der Waals surface area (Å²) >= 11 is 3.26. The summed E-state index contributed by atoms with van der Waals surface area (Å²) < 4.78 is 0.603. The van der Waals surface area contributed by atoms with Crippen molar-refractivity contribution in [2.75, 3.05) is 11.9 Å². The van der Waals surface area contributed by atoms with E-state index < -0.39 is 5.97 Å². The molecule has 0 aliphatic rings. The Morgan fingerprint density at radius 3 is 2.53 bits per heavy atom. The SMILES string of the molecule is CC(C)(C)CCNc1ccc(C(=O)O)c(Br)c1. The number of hydrogen-bond donors (Lipinski definition) is 2. The molecule has 0 heterocycles. The monoisotopic (exact) mass is 299 g/mol. The van der Waals surface area contributed by atoms with E-state index in [0.717, 1.165) is 18.7 Å². The van der Waals surface area contributed by atoms with Crippen molar-refractivity contribution in [3.63, 3.8) is 0 Å². The van der Waals surface area contributed by atoms with E-state index in [-0.39, 0.29) is 5.56 Å². The molecule has 17 heavy (non-hydrogen) atoms. The van der Waals surface area contributed by atoms with Crippen LogP contribution in [-0.4, -0.2) is 17.6 Å². The van der Waals surface area contributed by atoms with Gasteiger partial charge in [0.25, 0.3) is 0 Å². The number of halogens is 1. The first-order valence-electron chi connectivity index (χ1n) is 5.56. The van der Waals surface area contributed by atoms with Crippen LogP contribution in [0, 0.1) is 5.41 Å². The smallest absolute Gasteiger partial charge is 0.336 e. The van der Waals surface area contributed by atoms with Crippen molar-refractivity contribution in [1.82, 2.24) is 0 Å². The van der Waals surface area contributed by atoms with Crippen LogP contribution < -0.4 is 5.32 Å². The second-order valence-corrected chi connectivity index (χ2v) is 6.09. The van der Waals surface area contributed by atoms with Gasteiger partial charge in [-0.2, -0.15) is 0 Å². The minimum Gasteiger partial charge on any atom is -0.478 e. The van der Waals surface area contributed by atoms with Crippen molar-refractivity contribution in [3.05, 3.63) is 28.2 Å². The predicted octanol–water partition coefficient (Wildman–Crippen LogP) is 4.00. The number of aromatic carboxylic acids is 1. The van der Waals surface area contributed by atoms with Gasteiger partial charge in [0, 0.05) is 16.7 Å². The van der Waals surface area contributed by atoms with Crippen LogP contribution >= 0.6 is 15.9 Å². The van der Waals surface area contributed by atoms with Crippen molar-refractivity contribution in [2.45, 2.75) is 27.2 Å². The van der Waals surface area contributed by atoms with E-state index in [2.05, 4.69) is 42.0 Å². The normalized spacial score (nSPS) is 11.3. The molecule has 0 saturated heterocycles. The summed E-state index contributed by atoms with van der Waals surface area (Å²) in [4.78, 5) is 10.8. The molecule has 0 atom stereocenters. The molecular formula is C13H18BrNO2. The van der Waals surface area contributed by atoms with Crippen molar-refractivity contribution < 1.29 is 9.90 Å². The lowest BCUT2D eigenvalue weighted by molar-refractivity contribution is 0.0696. The Morgan fingerprint density at radius 1 is 1.41 bits per heavy atom. The Balaban J connectivity index is 2.62. The van der Waals surface area contributed by atoms with Crippen LogP contribution in [0.3, 0.4) is 0 Å². The van der Waals surface area contributed by atoms with Gasteiger partial charge in [0.05, 0.1) is 5.56 Å². The van der Waals surface area contributed by atoms with Gasteiger partial charge in [0.15, 0.2) is 0 Å². The number of benzene rings is 1. The lowest BCUT2D eigenvalue weighted by atomic mass is 9.92. The summed E-state index contributed by atoms with van der Waals surface area (Å²) in [7, 11) is 0. The predicted molar refractivity (Wildman–Crippen MR) is 73.7 cm³/mol. The maximum absolute atomic E-state index is 10.8. The van der Waals surface area contributed by atoms with Crippen molar-refractivity contribution >= 4 is 27.6 Å². The van der Waals surface area contributed by atoms with E-state index in [9.17, 15) is 4.79 Å². The number of anilines is 1. The third kappa shape index (κ3) is 4.77. The van der Waals surface area contributed by atoms with Crippen LogP contribution in [0.2, 0.25) is 0 Å². The third-order valence-electron chi connectivity index (χ3n) is 2.40. The Bertz CT molecular complexity index is 410. The molecule has 2 N–H and O–H groups in total. The van der Waals surface area contributed by atoms with Gasteiger partial charge >= 0.3 is 5.97 Å². The molecule has 4 heteroatoms. The zero-order valence-electron chi connectivity index (χ0n) is 10.4. The van der Waals surface area contributed by atoms with Gasteiger partial charge in [-0.05, 0) is 46.0 Å². The van der Waals surface area contributed by atoms with Gasteiger partial charge < -0.3 is 10.4 Å². The summed E-state index contributed by atoms with van der Waals surface area (Å²) in [5.74, 6) is -0.918. The van der Waals surface area contributed by atoms with E-state index in [1.165, 1.54) is 0 Å².